The van der Waals surface area contributed by atoms with E-state index in [4.69, 9.17) is 5.11 Å². The number of aliphatic carboxylic acids is 1. The predicted molar refractivity (Wildman–Crippen MR) is 59.5 cm³/mol. The topological polar surface area (TPSA) is 55.1 Å². The molecule has 0 amide bonds. The molecule has 0 spiro atoms. The van der Waals surface area contributed by atoms with E-state index in [0.29, 0.717) is 11.3 Å². The van der Waals surface area contributed by atoms with Gasteiger partial charge in [-0.1, -0.05) is 0 Å². The average molecular weight is 252 g/mol. The molecule has 1 aromatic carbocycles. The summed E-state index contributed by atoms with van der Waals surface area (Å²) in [7, 11) is 0. The Morgan fingerprint density at radius 2 is 2.11 bits per heavy atom. The van der Waals surface area contributed by atoms with Gasteiger partial charge in [-0.2, -0.15) is 5.10 Å². The minimum Gasteiger partial charge on any atom is -0.481 e. The monoisotopic (exact) mass is 252 g/mol. The van der Waals surface area contributed by atoms with Crippen LogP contribution in [0, 0.1) is 11.6 Å². The van der Waals surface area contributed by atoms with Gasteiger partial charge >= 0.3 is 5.97 Å². The van der Waals surface area contributed by atoms with E-state index < -0.39 is 23.5 Å². The minimum absolute atomic E-state index is 0.331. The summed E-state index contributed by atoms with van der Waals surface area (Å²) >= 11 is 0. The van der Waals surface area contributed by atoms with Gasteiger partial charge in [0.2, 0.25) is 0 Å². The molecule has 0 saturated carbocycles. The number of hydrogen-bond acceptors (Lipinski definition) is 2. The average Bonchev–Trinajstić information content (AvgIpc) is 2.81. The van der Waals surface area contributed by atoms with Crippen molar-refractivity contribution in [1.82, 2.24) is 9.78 Å². The van der Waals surface area contributed by atoms with Crippen LogP contribution in [-0.2, 0) is 4.79 Å². The van der Waals surface area contributed by atoms with E-state index in [1.165, 1.54) is 30.1 Å². The van der Waals surface area contributed by atoms with Crippen LogP contribution in [0.1, 0.15) is 18.4 Å². The third kappa shape index (κ3) is 2.22. The quantitative estimate of drug-likeness (QED) is 0.912. The molecule has 1 aromatic heterocycles. The van der Waals surface area contributed by atoms with Gasteiger partial charge in [0, 0.05) is 17.8 Å². The first-order valence-electron chi connectivity index (χ1n) is 5.22. The zero-order valence-corrected chi connectivity index (χ0v) is 9.47. The van der Waals surface area contributed by atoms with Gasteiger partial charge in [-0.15, -0.1) is 0 Å². The van der Waals surface area contributed by atoms with E-state index in [9.17, 15) is 13.6 Å². The Morgan fingerprint density at radius 3 is 2.72 bits per heavy atom. The number of aromatic nitrogens is 2. The largest absolute Gasteiger partial charge is 0.481 e. The smallest absolute Gasteiger partial charge is 0.310 e. The van der Waals surface area contributed by atoms with Crippen LogP contribution in [-0.4, -0.2) is 20.9 Å². The van der Waals surface area contributed by atoms with Crippen LogP contribution in [0.3, 0.4) is 0 Å². The van der Waals surface area contributed by atoms with Crippen molar-refractivity contribution < 1.29 is 18.7 Å². The highest BCUT2D eigenvalue weighted by Crippen LogP contribution is 2.18. The predicted octanol–water partition coefficient (Wildman–Crippen LogP) is 2.34. The molecular weight excluding hydrogens is 242 g/mol. The summed E-state index contributed by atoms with van der Waals surface area (Å²) in [6.45, 7) is 1.52. The molecule has 0 saturated heterocycles. The van der Waals surface area contributed by atoms with Crippen molar-refractivity contribution in [2.75, 3.05) is 0 Å². The van der Waals surface area contributed by atoms with Crippen molar-refractivity contribution in [3.63, 3.8) is 0 Å². The lowest BCUT2D eigenvalue weighted by molar-refractivity contribution is -0.138. The van der Waals surface area contributed by atoms with E-state index in [-0.39, 0.29) is 0 Å². The Hall–Kier alpha value is -2.24. The lowest BCUT2D eigenvalue weighted by Gasteiger charge is -2.03. The number of carboxylic acids is 1. The fourth-order valence-corrected chi connectivity index (χ4v) is 1.47. The normalized spacial score (nSPS) is 12.4. The highest BCUT2D eigenvalue weighted by molar-refractivity contribution is 5.75. The van der Waals surface area contributed by atoms with Crippen LogP contribution in [0.15, 0.2) is 30.6 Å². The molecular formula is C12H10F2N2O2. The van der Waals surface area contributed by atoms with E-state index in [1.807, 2.05) is 0 Å². The Morgan fingerprint density at radius 1 is 1.39 bits per heavy atom. The number of nitrogens with zero attached hydrogens (tertiary/aromatic N) is 2. The van der Waals surface area contributed by atoms with Gasteiger partial charge in [-0.3, -0.25) is 4.79 Å². The van der Waals surface area contributed by atoms with Crippen molar-refractivity contribution in [2.45, 2.75) is 12.8 Å². The highest BCUT2D eigenvalue weighted by atomic mass is 19.2. The summed E-state index contributed by atoms with van der Waals surface area (Å²) in [5.74, 6) is -3.59. The van der Waals surface area contributed by atoms with Gasteiger partial charge < -0.3 is 5.11 Å². The molecule has 0 aliphatic rings. The molecule has 0 radical (unpaired) electrons. The molecule has 1 atom stereocenters. The van der Waals surface area contributed by atoms with Gasteiger partial charge in [0.25, 0.3) is 0 Å². The van der Waals surface area contributed by atoms with Gasteiger partial charge in [0.05, 0.1) is 17.8 Å². The first-order chi connectivity index (χ1) is 8.49. The fraction of sp³-hybridized carbons (Fsp3) is 0.167. The second-order valence-electron chi connectivity index (χ2n) is 3.88. The van der Waals surface area contributed by atoms with Crippen molar-refractivity contribution in [3.8, 4) is 5.69 Å². The molecule has 0 aliphatic carbocycles. The second-order valence-corrected chi connectivity index (χ2v) is 3.88. The molecule has 0 fully saturated rings. The molecule has 4 nitrogen and oxygen atoms in total. The summed E-state index contributed by atoms with van der Waals surface area (Å²) < 4.78 is 27.1. The summed E-state index contributed by atoms with van der Waals surface area (Å²) in [6, 6.07) is 3.35. The summed E-state index contributed by atoms with van der Waals surface area (Å²) in [5.41, 5.74) is 0.824. The zero-order chi connectivity index (χ0) is 13.3. The van der Waals surface area contributed by atoms with Gasteiger partial charge in [-0.05, 0) is 19.1 Å². The maximum absolute atomic E-state index is 13.0. The molecule has 2 aromatic rings. The first-order valence-corrected chi connectivity index (χ1v) is 5.22. The first kappa shape index (κ1) is 12.2. The second kappa shape index (κ2) is 4.56. The molecule has 1 N–H and O–H groups in total. The molecule has 0 bridgehead atoms. The molecule has 1 heterocycles. The van der Waals surface area contributed by atoms with Crippen molar-refractivity contribution >= 4 is 5.97 Å². The van der Waals surface area contributed by atoms with Crippen LogP contribution < -0.4 is 0 Å². The number of carbonyl (C=O) groups is 1. The minimum atomic E-state index is -0.976. The summed E-state index contributed by atoms with van der Waals surface area (Å²) in [4.78, 5) is 10.8. The standard InChI is InChI=1S/C12H10F2N2O2/c1-7(12(17)18)8-5-15-16(6-8)9-2-3-10(13)11(14)4-9/h2-7H,1H3,(H,17,18). The van der Waals surface area contributed by atoms with Crippen LogP contribution in [0.25, 0.3) is 5.69 Å². The summed E-state index contributed by atoms with van der Waals surface area (Å²) in [6.07, 6.45) is 2.87. The molecule has 2 rings (SSSR count). The summed E-state index contributed by atoms with van der Waals surface area (Å²) in [5, 5.41) is 12.8. The molecule has 0 aliphatic heterocycles. The van der Waals surface area contributed by atoms with Crippen molar-refractivity contribution in [1.29, 1.82) is 0 Å². The lowest BCUT2D eigenvalue weighted by Crippen LogP contribution is -2.06. The fourth-order valence-electron chi connectivity index (χ4n) is 1.47. The van der Waals surface area contributed by atoms with E-state index >= 15 is 0 Å². The molecule has 1 unspecified atom stereocenters. The Balaban J connectivity index is 2.35. The van der Waals surface area contributed by atoms with Crippen molar-refractivity contribution in [3.05, 3.63) is 47.8 Å². The zero-order valence-electron chi connectivity index (χ0n) is 9.47. The van der Waals surface area contributed by atoms with Gasteiger partial charge in [0.15, 0.2) is 11.6 Å². The SMILES string of the molecule is CC(C(=O)O)c1cnn(-c2ccc(F)c(F)c2)c1. The highest BCUT2D eigenvalue weighted by Gasteiger charge is 2.16. The van der Waals surface area contributed by atoms with Crippen LogP contribution in [0.5, 0.6) is 0 Å². The van der Waals surface area contributed by atoms with Gasteiger partial charge in [-0.25, -0.2) is 13.5 Å². The molecule has 18 heavy (non-hydrogen) atoms. The van der Waals surface area contributed by atoms with Gasteiger partial charge in [0.1, 0.15) is 0 Å². The number of hydrogen-bond donors (Lipinski definition) is 1. The lowest BCUT2D eigenvalue weighted by atomic mass is 10.1. The van der Waals surface area contributed by atoms with E-state index in [0.717, 1.165) is 12.1 Å². The number of benzene rings is 1. The maximum atomic E-state index is 13.0. The third-order valence-electron chi connectivity index (χ3n) is 2.64. The number of rotatable bonds is 3. The molecule has 6 heteroatoms. The Bertz CT molecular complexity index is 596. The van der Waals surface area contributed by atoms with Crippen molar-refractivity contribution in [2.24, 2.45) is 0 Å². The number of carboxylic acid groups (broad SMARTS) is 1. The van der Waals surface area contributed by atoms with E-state index in [2.05, 4.69) is 5.10 Å². The maximum Gasteiger partial charge on any atom is 0.310 e. The number of halogens is 2. The Labute approximate surface area is 101 Å². The van der Waals surface area contributed by atoms with E-state index in [1.54, 1.807) is 0 Å². The molecule has 94 valence electrons. The van der Waals surface area contributed by atoms with Crippen LogP contribution in [0.2, 0.25) is 0 Å². The Kier molecular flexibility index (Phi) is 3.10. The third-order valence-corrected chi connectivity index (χ3v) is 2.64. The van der Waals surface area contributed by atoms with Crippen LogP contribution in [0.4, 0.5) is 8.78 Å². The van der Waals surface area contributed by atoms with Crippen LogP contribution >= 0.6 is 0 Å².